The Morgan fingerprint density at radius 1 is 1.32 bits per heavy atom. The van der Waals surface area contributed by atoms with Crippen molar-refractivity contribution < 1.29 is 4.79 Å². The molecule has 0 spiro atoms. The monoisotopic (exact) mass is 272 g/mol. The zero-order valence-electron chi connectivity index (χ0n) is 10.8. The van der Waals surface area contributed by atoms with Gasteiger partial charge in [0.2, 0.25) is 0 Å². The van der Waals surface area contributed by atoms with Gasteiger partial charge in [0, 0.05) is 17.1 Å². The predicted octanol–water partition coefficient (Wildman–Crippen LogP) is 3.90. The highest BCUT2D eigenvalue weighted by Gasteiger charge is 2.28. The number of nitrogens with zero attached hydrogens (tertiary/aromatic N) is 1. The highest BCUT2D eigenvalue weighted by molar-refractivity contribution is 7.10. The van der Waals surface area contributed by atoms with Crippen LogP contribution in [-0.4, -0.2) is 17.5 Å². The lowest BCUT2D eigenvalue weighted by molar-refractivity contribution is 0.189. The topological polar surface area (TPSA) is 32.3 Å². The van der Waals surface area contributed by atoms with Crippen molar-refractivity contribution in [1.82, 2.24) is 4.90 Å². The van der Waals surface area contributed by atoms with Crippen LogP contribution >= 0.6 is 11.3 Å². The van der Waals surface area contributed by atoms with E-state index in [9.17, 15) is 4.79 Å². The number of amides is 2. The van der Waals surface area contributed by atoms with Crippen LogP contribution < -0.4 is 5.32 Å². The molecule has 0 saturated heterocycles. The first-order chi connectivity index (χ1) is 9.25. The third-order valence-corrected chi connectivity index (χ3v) is 4.56. The summed E-state index contributed by atoms with van der Waals surface area (Å²) in [6, 6.07) is 11.9. The lowest BCUT2D eigenvalue weighted by Crippen LogP contribution is -2.40. The molecule has 1 aromatic carbocycles. The highest BCUT2D eigenvalue weighted by Crippen LogP contribution is 2.33. The summed E-state index contributed by atoms with van der Waals surface area (Å²) in [6.07, 6.45) is 0.958. The maximum Gasteiger partial charge on any atom is 0.322 e. The van der Waals surface area contributed by atoms with E-state index in [1.165, 1.54) is 10.4 Å². The molecule has 0 unspecified atom stereocenters. The van der Waals surface area contributed by atoms with Crippen molar-refractivity contribution in [2.45, 2.75) is 19.4 Å². The number of hydrogen-bond acceptors (Lipinski definition) is 2. The molecule has 2 amide bonds. The van der Waals surface area contributed by atoms with Crippen LogP contribution in [0.3, 0.4) is 0 Å². The Morgan fingerprint density at radius 2 is 2.11 bits per heavy atom. The second-order valence-corrected chi connectivity index (χ2v) is 5.72. The summed E-state index contributed by atoms with van der Waals surface area (Å²) in [7, 11) is 0. The fraction of sp³-hybridized carbons (Fsp3) is 0.267. The number of urea groups is 1. The molecule has 0 fully saturated rings. The number of thiophene rings is 1. The molecule has 0 radical (unpaired) electrons. The van der Waals surface area contributed by atoms with Gasteiger partial charge in [0.15, 0.2) is 0 Å². The van der Waals surface area contributed by atoms with Crippen LogP contribution in [0.15, 0.2) is 41.8 Å². The molecular formula is C15H16N2OS. The van der Waals surface area contributed by atoms with E-state index < -0.39 is 0 Å². The Bertz CT molecular complexity index is 579. The van der Waals surface area contributed by atoms with Gasteiger partial charge in [-0.2, -0.15) is 0 Å². The number of para-hydroxylation sites is 1. The minimum atomic E-state index is -0.0180. The standard InChI is InChI=1S/C15H16N2OS/c1-11-13-8-10-19-14(13)7-9-17(11)15(18)16-12-5-3-2-4-6-12/h2-6,8,10-11H,7,9H2,1H3,(H,16,18)/t11-/m1/s1. The molecule has 2 heterocycles. The number of rotatable bonds is 1. The largest absolute Gasteiger partial charge is 0.322 e. The molecule has 1 aliphatic heterocycles. The van der Waals surface area contributed by atoms with E-state index in [0.717, 1.165) is 18.7 Å². The molecular weight excluding hydrogens is 256 g/mol. The maximum absolute atomic E-state index is 12.3. The number of anilines is 1. The lowest BCUT2D eigenvalue weighted by atomic mass is 10.0. The Morgan fingerprint density at radius 3 is 2.89 bits per heavy atom. The predicted molar refractivity (Wildman–Crippen MR) is 78.6 cm³/mol. The number of hydrogen-bond donors (Lipinski definition) is 1. The van der Waals surface area contributed by atoms with E-state index in [0.29, 0.717) is 0 Å². The van der Waals surface area contributed by atoms with Crippen molar-refractivity contribution in [3.8, 4) is 0 Å². The van der Waals surface area contributed by atoms with Crippen LogP contribution in [-0.2, 0) is 6.42 Å². The van der Waals surface area contributed by atoms with Gasteiger partial charge in [-0.3, -0.25) is 0 Å². The summed E-state index contributed by atoms with van der Waals surface area (Å²) in [5.74, 6) is 0. The normalized spacial score (nSPS) is 17.9. The van der Waals surface area contributed by atoms with Crippen LogP contribution in [0, 0.1) is 0 Å². The molecule has 0 saturated carbocycles. The SMILES string of the molecule is C[C@@H]1c2ccsc2CCN1C(=O)Nc1ccccc1. The summed E-state index contributed by atoms with van der Waals surface area (Å²) >= 11 is 1.79. The highest BCUT2D eigenvalue weighted by atomic mass is 32.1. The van der Waals surface area contributed by atoms with Gasteiger partial charge < -0.3 is 10.2 Å². The van der Waals surface area contributed by atoms with Crippen molar-refractivity contribution in [3.63, 3.8) is 0 Å². The van der Waals surface area contributed by atoms with Gasteiger partial charge in [-0.25, -0.2) is 4.79 Å². The number of benzene rings is 1. The first-order valence-corrected chi connectivity index (χ1v) is 7.32. The zero-order valence-corrected chi connectivity index (χ0v) is 11.6. The first kappa shape index (κ1) is 12.2. The van der Waals surface area contributed by atoms with Crippen LogP contribution in [0.5, 0.6) is 0 Å². The molecule has 1 N–H and O–H groups in total. The van der Waals surface area contributed by atoms with Crippen molar-refractivity contribution in [2.75, 3.05) is 11.9 Å². The van der Waals surface area contributed by atoms with Gasteiger partial charge in [-0.1, -0.05) is 18.2 Å². The van der Waals surface area contributed by atoms with Gasteiger partial charge in [-0.05, 0) is 42.5 Å². The molecule has 3 rings (SSSR count). The summed E-state index contributed by atoms with van der Waals surface area (Å²) < 4.78 is 0. The van der Waals surface area contributed by atoms with Crippen molar-refractivity contribution in [3.05, 3.63) is 52.2 Å². The molecule has 0 aliphatic carbocycles. The van der Waals surface area contributed by atoms with E-state index in [4.69, 9.17) is 0 Å². The average molecular weight is 272 g/mol. The Labute approximate surface area is 116 Å². The first-order valence-electron chi connectivity index (χ1n) is 6.44. The number of nitrogens with one attached hydrogen (secondary N) is 1. The fourth-order valence-corrected chi connectivity index (χ4v) is 3.47. The number of carbonyl (C=O) groups is 1. The summed E-state index contributed by atoms with van der Waals surface area (Å²) in [5.41, 5.74) is 2.13. The third-order valence-electron chi connectivity index (χ3n) is 3.56. The van der Waals surface area contributed by atoms with Gasteiger partial charge in [0.25, 0.3) is 0 Å². The molecule has 1 aliphatic rings. The number of carbonyl (C=O) groups excluding carboxylic acids is 1. The van der Waals surface area contributed by atoms with Crippen molar-refractivity contribution in [2.24, 2.45) is 0 Å². The Hall–Kier alpha value is -1.81. The molecule has 0 bridgehead atoms. The van der Waals surface area contributed by atoms with Crippen LogP contribution in [0.4, 0.5) is 10.5 Å². The molecule has 98 valence electrons. The Kier molecular flexibility index (Phi) is 3.25. The van der Waals surface area contributed by atoms with Crippen LogP contribution in [0.25, 0.3) is 0 Å². The van der Waals surface area contributed by atoms with Gasteiger partial charge >= 0.3 is 6.03 Å². The second-order valence-electron chi connectivity index (χ2n) is 4.71. The summed E-state index contributed by atoms with van der Waals surface area (Å²) in [6.45, 7) is 2.88. The minimum Gasteiger partial charge on any atom is -0.317 e. The zero-order chi connectivity index (χ0) is 13.2. The number of fused-ring (bicyclic) bond motifs is 1. The summed E-state index contributed by atoms with van der Waals surface area (Å²) in [4.78, 5) is 15.6. The van der Waals surface area contributed by atoms with E-state index in [1.54, 1.807) is 11.3 Å². The summed E-state index contributed by atoms with van der Waals surface area (Å²) in [5, 5.41) is 5.07. The van der Waals surface area contributed by atoms with E-state index in [1.807, 2.05) is 35.2 Å². The molecule has 2 aromatic rings. The average Bonchev–Trinajstić information content (AvgIpc) is 2.89. The molecule has 19 heavy (non-hydrogen) atoms. The van der Waals surface area contributed by atoms with Crippen LogP contribution in [0.2, 0.25) is 0 Å². The van der Waals surface area contributed by atoms with Crippen molar-refractivity contribution in [1.29, 1.82) is 0 Å². The van der Waals surface area contributed by atoms with Crippen molar-refractivity contribution >= 4 is 23.1 Å². The van der Waals surface area contributed by atoms with E-state index in [2.05, 4.69) is 23.7 Å². The molecule has 3 nitrogen and oxygen atoms in total. The maximum atomic E-state index is 12.3. The lowest BCUT2D eigenvalue weighted by Gasteiger charge is -2.33. The van der Waals surface area contributed by atoms with E-state index >= 15 is 0 Å². The van der Waals surface area contributed by atoms with E-state index in [-0.39, 0.29) is 12.1 Å². The van der Waals surface area contributed by atoms with Gasteiger partial charge in [0.05, 0.1) is 6.04 Å². The van der Waals surface area contributed by atoms with Crippen LogP contribution in [0.1, 0.15) is 23.4 Å². The quantitative estimate of drug-likeness (QED) is 0.839. The fourth-order valence-electron chi connectivity index (χ4n) is 2.50. The molecule has 4 heteroatoms. The van der Waals surface area contributed by atoms with Gasteiger partial charge in [-0.15, -0.1) is 11.3 Å². The molecule has 1 aromatic heterocycles. The molecule has 1 atom stereocenters. The smallest absolute Gasteiger partial charge is 0.317 e. The Balaban J connectivity index is 1.75. The third kappa shape index (κ3) is 2.36. The minimum absolute atomic E-state index is 0.0180. The second kappa shape index (κ2) is 5.05. The van der Waals surface area contributed by atoms with Gasteiger partial charge in [0.1, 0.15) is 0 Å².